The van der Waals surface area contributed by atoms with Crippen molar-refractivity contribution < 1.29 is 9.59 Å². The van der Waals surface area contributed by atoms with Gasteiger partial charge < -0.3 is 0 Å². The van der Waals surface area contributed by atoms with Gasteiger partial charge in [0.15, 0.2) is 11.0 Å². The van der Waals surface area contributed by atoms with Gasteiger partial charge >= 0.3 is 0 Å². The Labute approximate surface area is 178 Å². The molecule has 4 nitrogen and oxygen atoms in total. The number of amidine groups is 1. The summed E-state index contributed by atoms with van der Waals surface area (Å²) in [5.74, 6) is -0.103. The summed E-state index contributed by atoms with van der Waals surface area (Å²) in [5.41, 5.74) is 3.66. The van der Waals surface area contributed by atoms with Gasteiger partial charge in [-0.05, 0) is 48.6 Å². The zero-order valence-corrected chi connectivity index (χ0v) is 17.8. The number of hydrogen-bond acceptors (Lipinski definition) is 5. The molecule has 1 aliphatic heterocycles. The molecule has 29 heavy (non-hydrogen) atoms. The molecule has 0 saturated carbocycles. The van der Waals surface area contributed by atoms with E-state index >= 15 is 0 Å². The van der Waals surface area contributed by atoms with Crippen LogP contribution in [-0.2, 0) is 4.79 Å². The number of nitrogens with zero attached hydrogens (tertiary/aromatic N) is 2. The molecule has 2 aromatic carbocycles. The van der Waals surface area contributed by atoms with Crippen LogP contribution in [-0.4, -0.2) is 22.1 Å². The highest BCUT2D eigenvalue weighted by atomic mass is 32.2. The van der Waals surface area contributed by atoms with Crippen molar-refractivity contribution in [2.45, 2.75) is 25.5 Å². The highest BCUT2D eigenvalue weighted by molar-refractivity contribution is 8.16. The Morgan fingerprint density at radius 3 is 2.41 bits per heavy atom. The smallest absolute Gasteiger partial charge is 0.247 e. The number of thioether (sulfide) groups is 1. The molecule has 1 saturated heterocycles. The van der Waals surface area contributed by atoms with Crippen LogP contribution in [0.5, 0.6) is 0 Å². The van der Waals surface area contributed by atoms with Gasteiger partial charge in [-0.25, -0.2) is 4.99 Å². The minimum absolute atomic E-state index is 0.00674. The van der Waals surface area contributed by atoms with Crippen LogP contribution in [0.4, 0.5) is 11.4 Å². The summed E-state index contributed by atoms with van der Waals surface area (Å²) in [6, 6.07) is 19.2. The van der Waals surface area contributed by atoms with E-state index in [9.17, 15) is 9.59 Å². The number of hydrogen-bond donors (Lipinski definition) is 0. The van der Waals surface area contributed by atoms with E-state index in [0.717, 1.165) is 22.5 Å². The molecule has 0 spiro atoms. The number of rotatable bonds is 5. The minimum Gasteiger partial charge on any atom is -0.293 e. The van der Waals surface area contributed by atoms with E-state index in [0.29, 0.717) is 10.0 Å². The molecule has 1 unspecified atom stereocenters. The number of aliphatic imine (C=N–C) groups is 1. The molecule has 6 heteroatoms. The average Bonchev–Trinajstić information content (AvgIpc) is 3.34. The molecule has 1 atom stereocenters. The first-order chi connectivity index (χ1) is 14.0. The van der Waals surface area contributed by atoms with Crippen molar-refractivity contribution in [1.82, 2.24) is 0 Å². The standard InChI is InChI=1S/C23H20N2O2S2/c1-15-8-3-5-10-17(15)24-23-25(18-11-6-4-9-16(18)2)22(27)21(29-23)14-19(26)20-12-7-13-28-20/h3-13,21H,14H2,1-2H3. The first-order valence-electron chi connectivity index (χ1n) is 9.32. The largest absolute Gasteiger partial charge is 0.293 e. The Hall–Kier alpha value is -2.70. The van der Waals surface area contributed by atoms with Gasteiger partial charge in [0.25, 0.3) is 0 Å². The lowest BCUT2D eigenvalue weighted by Gasteiger charge is -2.19. The molecule has 1 fully saturated rings. The fraction of sp³-hybridized carbons (Fsp3) is 0.174. The van der Waals surface area contributed by atoms with Crippen LogP contribution in [0.25, 0.3) is 0 Å². The van der Waals surface area contributed by atoms with Crippen molar-refractivity contribution in [1.29, 1.82) is 0 Å². The van der Waals surface area contributed by atoms with Crippen molar-refractivity contribution in [3.05, 3.63) is 82.0 Å². The summed E-state index contributed by atoms with van der Waals surface area (Å²) in [6.45, 7) is 3.97. The number of aryl methyl sites for hydroxylation is 2. The Bertz CT molecular complexity index is 1090. The highest BCUT2D eigenvalue weighted by Gasteiger charge is 2.40. The molecule has 146 valence electrons. The second-order valence-corrected chi connectivity index (χ2v) is 8.97. The highest BCUT2D eigenvalue weighted by Crippen LogP contribution is 2.37. The van der Waals surface area contributed by atoms with Crippen molar-refractivity contribution in [3.8, 4) is 0 Å². The number of thiophene rings is 1. The molecule has 0 bridgehead atoms. The number of carbonyl (C=O) groups is 2. The molecule has 1 aromatic heterocycles. The zero-order valence-electron chi connectivity index (χ0n) is 16.2. The summed E-state index contributed by atoms with van der Waals surface area (Å²) in [5, 5.41) is 2.01. The molecule has 0 N–H and O–H groups in total. The number of amides is 1. The molecular weight excluding hydrogens is 400 g/mol. The zero-order chi connectivity index (χ0) is 20.4. The van der Waals surface area contributed by atoms with Crippen molar-refractivity contribution in [2.24, 2.45) is 4.99 Å². The Kier molecular flexibility index (Phi) is 5.65. The second-order valence-electron chi connectivity index (χ2n) is 6.85. The van der Waals surface area contributed by atoms with Crippen molar-refractivity contribution >= 4 is 51.3 Å². The van der Waals surface area contributed by atoms with Gasteiger partial charge in [-0.1, -0.05) is 54.2 Å². The lowest BCUT2D eigenvalue weighted by atomic mass is 10.1. The van der Waals surface area contributed by atoms with E-state index in [2.05, 4.69) is 0 Å². The van der Waals surface area contributed by atoms with Gasteiger partial charge in [0.2, 0.25) is 5.91 Å². The van der Waals surface area contributed by atoms with Gasteiger partial charge in [0.05, 0.1) is 21.5 Å². The Morgan fingerprint density at radius 1 is 1.00 bits per heavy atom. The summed E-state index contributed by atoms with van der Waals surface area (Å²) >= 11 is 2.78. The lowest BCUT2D eigenvalue weighted by Crippen LogP contribution is -2.33. The SMILES string of the molecule is Cc1ccccc1N=C1SC(CC(=O)c2cccs2)C(=O)N1c1ccccc1C. The first kappa shape index (κ1) is 19.6. The lowest BCUT2D eigenvalue weighted by molar-refractivity contribution is -0.116. The van der Waals surface area contributed by atoms with Gasteiger partial charge in [0, 0.05) is 6.42 Å². The van der Waals surface area contributed by atoms with Crippen LogP contribution in [0.3, 0.4) is 0 Å². The summed E-state index contributed by atoms with van der Waals surface area (Å²) in [4.78, 5) is 33.1. The van der Waals surface area contributed by atoms with Crippen LogP contribution in [0, 0.1) is 13.8 Å². The first-order valence-corrected chi connectivity index (χ1v) is 11.1. The fourth-order valence-electron chi connectivity index (χ4n) is 3.21. The molecular formula is C23H20N2O2S2. The van der Waals surface area contributed by atoms with Gasteiger partial charge in [-0.15, -0.1) is 11.3 Å². The van der Waals surface area contributed by atoms with Gasteiger partial charge in [-0.2, -0.15) is 0 Å². The van der Waals surface area contributed by atoms with E-state index in [-0.39, 0.29) is 18.1 Å². The maximum absolute atomic E-state index is 13.3. The third-order valence-corrected chi connectivity index (χ3v) is 6.84. The molecule has 3 aromatic rings. The third kappa shape index (κ3) is 4.04. The number of carbonyl (C=O) groups excluding carboxylic acids is 2. The van der Waals surface area contributed by atoms with E-state index in [4.69, 9.17) is 4.99 Å². The third-order valence-electron chi connectivity index (χ3n) is 4.79. The van der Waals surface area contributed by atoms with E-state index < -0.39 is 5.25 Å². The van der Waals surface area contributed by atoms with Crippen molar-refractivity contribution in [2.75, 3.05) is 4.90 Å². The van der Waals surface area contributed by atoms with E-state index in [1.165, 1.54) is 23.1 Å². The van der Waals surface area contributed by atoms with Gasteiger partial charge in [-0.3, -0.25) is 14.5 Å². The maximum atomic E-state index is 13.3. The number of para-hydroxylation sites is 2. The van der Waals surface area contributed by atoms with Crippen molar-refractivity contribution in [3.63, 3.8) is 0 Å². The Balaban J connectivity index is 1.71. The molecule has 0 aliphatic carbocycles. The second kappa shape index (κ2) is 8.35. The minimum atomic E-state index is -0.480. The van der Waals surface area contributed by atoms with Crippen LogP contribution < -0.4 is 4.90 Å². The monoisotopic (exact) mass is 420 g/mol. The normalized spacial score (nSPS) is 17.9. The number of anilines is 1. The fourth-order valence-corrected chi connectivity index (χ4v) is 5.02. The quantitative estimate of drug-likeness (QED) is 0.492. The van der Waals surface area contributed by atoms with Gasteiger partial charge in [0.1, 0.15) is 0 Å². The topological polar surface area (TPSA) is 49.7 Å². The number of ketones is 1. The van der Waals surface area contributed by atoms with Crippen LogP contribution in [0.1, 0.15) is 27.2 Å². The Morgan fingerprint density at radius 2 is 1.72 bits per heavy atom. The summed E-state index contributed by atoms with van der Waals surface area (Å²) < 4.78 is 0. The predicted molar refractivity (Wildman–Crippen MR) is 122 cm³/mol. The van der Waals surface area contributed by atoms with Crippen LogP contribution in [0.2, 0.25) is 0 Å². The van der Waals surface area contributed by atoms with E-state index in [1.54, 1.807) is 11.0 Å². The summed E-state index contributed by atoms with van der Waals surface area (Å²) in [6.07, 6.45) is 0.166. The average molecular weight is 421 g/mol. The maximum Gasteiger partial charge on any atom is 0.247 e. The van der Waals surface area contributed by atoms with Crippen LogP contribution >= 0.6 is 23.1 Å². The molecule has 1 aliphatic rings. The number of Topliss-reactive ketones (excluding diaryl/α,β-unsaturated/α-hetero) is 1. The van der Waals surface area contributed by atoms with E-state index in [1.807, 2.05) is 73.8 Å². The summed E-state index contributed by atoms with van der Waals surface area (Å²) in [7, 11) is 0. The molecule has 4 rings (SSSR count). The molecule has 1 amide bonds. The molecule has 2 heterocycles. The predicted octanol–water partition coefficient (Wildman–Crippen LogP) is 5.77. The number of benzene rings is 2. The molecule has 0 radical (unpaired) electrons. The van der Waals surface area contributed by atoms with Crippen LogP contribution in [0.15, 0.2) is 71.0 Å².